The molecule has 0 saturated carbocycles. The largest absolute Gasteiger partial charge is 0.450 e. The number of carbonyl (C=O) groups is 1. The van der Waals surface area contributed by atoms with E-state index in [2.05, 4.69) is 10.3 Å². The summed E-state index contributed by atoms with van der Waals surface area (Å²) >= 11 is 7.38. The number of amides is 1. The second kappa shape index (κ2) is 5.86. The van der Waals surface area contributed by atoms with Crippen molar-refractivity contribution in [3.8, 4) is 0 Å². The molecule has 2 heterocycles. The van der Waals surface area contributed by atoms with Gasteiger partial charge in [-0.2, -0.15) is 0 Å². The number of hydrogen-bond donors (Lipinski definition) is 1. The number of nitrogens with zero attached hydrogens (tertiary/aromatic N) is 1. The van der Waals surface area contributed by atoms with Crippen molar-refractivity contribution in [2.75, 3.05) is 5.32 Å². The van der Waals surface area contributed by atoms with E-state index in [0.717, 1.165) is 37.9 Å². The van der Waals surface area contributed by atoms with Crippen LogP contribution in [0.25, 0.3) is 21.2 Å². The third-order valence-corrected chi connectivity index (χ3v) is 5.31. The standard InChI is InChI=1S/C19H15ClN2O2S/c1-9-6-10(2)16-13(7-9)11(3)17(24-16)18(23)22-19-21-14-5-4-12(20)8-15(14)25-19/h4-8H,1-3H3,(H,21,22,23). The van der Waals surface area contributed by atoms with E-state index >= 15 is 0 Å². The van der Waals surface area contributed by atoms with Crippen LogP contribution < -0.4 is 5.32 Å². The Morgan fingerprint density at radius 3 is 2.80 bits per heavy atom. The molecular weight excluding hydrogens is 356 g/mol. The second-order valence-corrected chi connectivity index (χ2v) is 7.57. The van der Waals surface area contributed by atoms with Gasteiger partial charge in [0.1, 0.15) is 5.58 Å². The van der Waals surface area contributed by atoms with E-state index in [4.69, 9.17) is 16.0 Å². The molecule has 0 atom stereocenters. The monoisotopic (exact) mass is 370 g/mol. The van der Waals surface area contributed by atoms with Gasteiger partial charge in [-0.15, -0.1) is 0 Å². The highest BCUT2D eigenvalue weighted by molar-refractivity contribution is 7.22. The summed E-state index contributed by atoms with van der Waals surface area (Å²) in [7, 11) is 0. The highest BCUT2D eigenvalue weighted by Gasteiger charge is 2.20. The molecule has 4 aromatic rings. The van der Waals surface area contributed by atoms with E-state index in [-0.39, 0.29) is 5.91 Å². The molecule has 0 bridgehead atoms. The molecular formula is C19H15ClN2O2S. The molecule has 0 aliphatic heterocycles. The summed E-state index contributed by atoms with van der Waals surface area (Å²) in [5.41, 5.74) is 4.56. The molecule has 0 spiro atoms. The lowest BCUT2D eigenvalue weighted by atomic mass is 10.1. The van der Waals surface area contributed by atoms with Gasteiger partial charge in [0.2, 0.25) is 0 Å². The number of aryl methyl sites for hydroxylation is 3. The number of aromatic nitrogens is 1. The lowest BCUT2D eigenvalue weighted by Gasteiger charge is -1.98. The van der Waals surface area contributed by atoms with Gasteiger partial charge in [-0.25, -0.2) is 4.98 Å². The topological polar surface area (TPSA) is 55.1 Å². The lowest BCUT2D eigenvalue weighted by molar-refractivity contribution is 0.0998. The number of anilines is 1. The number of nitrogens with one attached hydrogen (secondary N) is 1. The van der Waals surface area contributed by atoms with Crippen LogP contribution in [-0.2, 0) is 0 Å². The van der Waals surface area contributed by atoms with E-state index in [1.165, 1.54) is 11.3 Å². The maximum absolute atomic E-state index is 12.7. The van der Waals surface area contributed by atoms with Gasteiger partial charge in [0.25, 0.3) is 5.91 Å². The SMILES string of the molecule is Cc1cc(C)c2oc(C(=O)Nc3nc4ccc(Cl)cc4s3)c(C)c2c1. The molecule has 0 aliphatic rings. The number of rotatable bonds is 2. The zero-order chi connectivity index (χ0) is 17.7. The molecule has 0 aliphatic carbocycles. The highest BCUT2D eigenvalue weighted by Crippen LogP contribution is 2.31. The van der Waals surface area contributed by atoms with Crippen LogP contribution >= 0.6 is 22.9 Å². The fraction of sp³-hybridized carbons (Fsp3) is 0.158. The van der Waals surface area contributed by atoms with E-state index < -0.39 is 0 Å². The Kier molecular flexibility index (Phi) is 3.78. The van der Waals surface area contributed by atoms with Gasteiger partial charge in [-0.05, 0) is 56.2 Å². The summed E-state index contributed by atoms with van der Waals surface area (Å²) in [4.78, 5) is 17.1. The summed E-state index contributed by atoms with van der Waals surface area (Å²) < 4.78 is 6.78. The minimum atomic E-state index is -0.295. The molecule has 126 valence electrons. The molecule has 2 aromatic heterocycles. The van der Waals surface area contributed by atoms with Crippen molar-refractivity contribution >= 4 is 55.2 Å². The minimum Gasteiger partial charge on any atom is -0.450 e. The first kappa shape index (κ1) is 16.1. The first-order chi connectivity index (χ1) is 11.9. The van der Waals surface area contributed by atoms with Crippen LogP contribution in [0.4, 0.5) is 5.13 Å². The van der Waals surface area contributed by atoms with Crippen molar-refractivity contribution in [2.24, 2.45) is 0 Å². The van der Waals surface area contributed by atoms with Gasteiger partial charge in [-0.3, -0.25) is 10.1 Å². The molecule has 1 N–H and O–H groups in total. The first-order valence-corrected chi connectivity index (χ1v) is 8.99. The number of halogens is 1. The Balaban J connectivity index is 1.71. The summed E-state index contributed by atoms with van der Waals surface area (Å²) in [5.74, 6) is 0.0249. The zero-order valence-electron chi connectivity index (χ0n) is 13.9. The number of benzene rings is 2. The fourth-order valence-corrected chi connectivity index (χ4v) is 4.13. The molecule has 25 heavy (non-hydrogen) atoms. The fourth-order valence-electron chi connectivity index (χ4n) is 2.99. The first-order valence-electron chi connectivity index (χ1n) is 7.80. The van der Waals surface area contributed by atoms with Crippen molar-refractivity contribution in [3.05, 3.63) is 57.8 Å². The quantitative estimate of drug-likeness (QED) is 0.479. The van der Waals surface area contributed by atoms with Crippen molar-refractivity contribution in [1.82, 2.24) is 4.98 Å². The van der Waals surface area contributed by atoms with E-state index in [0.29, 0.717) is 15.9 Å². The smallest absolute Gasteiger partial charge is 0.293 e. The van der Waals surface area contributed by atoms with Gasteiger partial charge >= 0.3 is 0 Å². The zero-order valence-corrected chi connectivity index (χ0v) is 15.5. The van der Waals surface area contributed by atoms with Crippen molar-refractivity contribution in [3.63, 3.8) is 0 Å². The van der Waals surface area contributed by atoms with Gasteiger partial charge in [-0.1, -0.05) is 29.0 Å². The molecule has 0 radical (unpaired) electrons. The van der Waals surface area contributed by atoms with Crippen LogP contribution in [0.1, 0.15) is 27.2 Å². The molecule has 0 saturated heterocycles. The Labute approximate surface area is 153 Å². The van der Waals surface area contributed by atoms with Crippen LogP contribution in [-0.4, -0.2) is 10.9 Å². The van der Waals surface area contributed by atoms with E-state index in [1.807, 2.05) is 45.0 Å². The third-order valence-electron chi connectivity index (χ3n) is 4.14. The minimum absolute atomic E-state index is 0.295. The molecule has 4 nitrogen and oxygen atoms in total. The Hall–Kier alpha value is -2.37. The molecule has 6 heteroatoms. The summed E-state index contributed by atoms with van der Waals surface area (Å²) in [6.45, 7) is 5.92. The van der Waals surface area contributed by atoms with Crippen LogP contribution in [0.5, 0.6) is 0 Å². The predicted octanol–water partition coefficient (Wildman–Crippen LogP) is 5.87. The number of fused-ring (bicyclic) bond motifs is 2. The predicted molar refractivity (Wildman–Crippen MR) is 103 cm³/mol. The lowest BCUT2D eigenvalue weighted by Crippen LogP contribution is -2.11. The van der Waals surface area contributed by atoms with Gasteiger partial charge in [0, 0.05) is 16.0 Å². The molecule has 1 amide bonds. The average molecular weight is 371 g/mol. The summed E-state index contributed by atoms with van der Waals surface area (Å²) in [5, 5.41) is 4.98. The van der Waals surface area contributed by atoms with Crippen molar-refractivity contribution in [2.45, 2.75) is 20.8 Å². The van der Waals surface area contributed by atoms with Crippen LogP contribution in [0.15, 0.2) is 34.7 Å². The Morgan fingerprint density at radius 1 is 1.20 bits per heavy atom. The normalized spacial score (nSPS) is 11.4. The Morgan fingerprint density at radius 2 is 2.00 bits per heavy atom. The highest BCUT2D eigenvalue weighted by atomic mass is 35.5. The maximum atomic E-state index is 12.7. The van der Waals surface area contributed by atoms with E-state index in [1.54, 1.807) is 6.07 Å². The van der Waals surface area contributed by atoms with Gasteiger partial charge < -0.3 is 4.42 Å². The summed E-state index contributed by atoms with van der Waals surface area (Å²) in [6, 6.07) is 9.54. The van der Waals surface area contributed by atoms with E-state index in [9.17, 15) is 4.79 Å². The molecule has 4 rings (SSSR count). The third kappa shape index (κ3) is 2.79. The molecule has 0 unspecified atom stereocenters. The van der Waals surface area contributed by atoms with Crippen LogP contribution in [0.3, 0.4) is 0 Å². The van der Waals surface area contributed by atoms with Crippen LogP contribution in [0, 0.1) is 20.8 Å². The Bertz CT molecular complexity index is 1140. The van der Waals surface area contributed by atoms with Gasteiger partial charge in [0.05, 0.1) is 10.2 Å². The maximum Gasteiger partial charge on any atom is 0.293 e. The molecule has 2 aromatic carbocycles. The number of thiazole rings is 1. The van der Waals surface area contributed by atoms with Crippen LogP contribution in [0.2, 0.25) is 5.02 Å². The second-order valence-electron chi connectivity index (χ2n) is 6.10. The number of hydrogen-bond acceptors (Lipinski definition) is 4. The van der Waals surface area contributed by atoms with Gasteiger partial charge in [0.15, 0.2) is 10.9 Å². The average Bonchev–Trinajstić information content (AvgIpc) is 3.08. The van der Waals surface area contributed by atoms with Crippen molar-refractivity contribution < 1.29 is 9.21 Å². The molecule has 0 fully saturated rings. The number of furan rings is 1. The van der Waals surface area contributed by atoms with Crippen molar-refractivity contribution in [1.29, 1.82) is 0 Å². The number of carbonyl (C=O) groups excluding carboxylic acids is 1. The summed E-state index contributed by atoms with van der Waals surface area (Å²) in [6.07, 6.45) is 0.